The number of nitrogens with one attached hydrogen (secondary N) is 1. The number of nitrogens with zero attached hydrogens (tertiary/aromatic N) is 3. The summed E-state index contributed by atoms with van der Waals surface area (Å²) in [6.07, 6.45) is 3.45. The molecule has 1 aromatic heterocycles. The van der Waals surface area contributed by atoms with E-state index < -0.39 is 0 Å². The molecule has 3 aromatic rings. The Balaban J connectivity index is 1.48. The lowest BCUT2D eigenvalue weighted by Crippen LogP contribution is -2.23. The van der Waals surface area contributed by atoms with Gasteiger partial charge < -0.3 is 5.32 Å². The summed E-state index contributed by atoms with van der Waals surface area (Å²) in [5, 5.41) is 11.9. The first-order chi connectivity index (χ1) is 13.1. The van der Waals surface area contributed by atoms with Gasteiger partial charge in [0.25, 0.3) is 0 Å². The predicted octanol–water partition coefficient (Wildman–Crippen LogP) is 4.18. The minimum atomic E-state index is -0.288. The molecule has 1 N–H and O–H groups in total. The van der Waals surface area contributed by atoms with Crippen molar-refractivity contribution in [3.63, 3.8) is 0 Å². The molecular weight excluding hydrogens is 356 g/mol. The van der Waals surface area contributed by atoms with Gasteiger partial charge in [-0.2, -0.15) is 0 Å². The zero-order valence-corrected chi connectivity index (χ0v) is 16.3. The number of carbonyl (C=O) groups is 1. The molecule has 0 bridgehead atoms. The Kier molecular flexibility index (Phi) is 4.99. The van der Waals surface area contributed by atoms with Gasteiger partial charge in [-0.3, -0.25) is 9.36 Å². The molecule has 1 heterocycles. The summed E-state index contributed by atoms with van der Waals surface area (Å²) in [5.74, 6) is 0.771. The van der Waals surface area contributed by atoms with Crippen molar-refractivity contribution < 1.29 is 4.79 Å². The lowest BCUT2D eigenvalue weighted by molar-refractivity contribution is -0.115. The molecule has 4 rings (SSSR count). The van der Waals surface area contributed by atoms with Crippen LogP contribution in [0.25, 0.3) is 5.69 Å². The lowest BCUT2D eigenvalue weighted by Gasteiger charge is -2.14. The van der Waals surface area contributed by atoms with Gasteiger partial charge in [-0.1, -0.05) is 36.0 Å². The van der Waals surface area contributed by atoms with Crippen molar-refractivity contribution >= 4 is 23.4 Å². The van der Waals surface area contributed by atoms with E-state index in [0.717, 1.165) is 35.2 Å². The lowest BCUT2D eigenvalue weighted by atomic mass is 10.1. The number of amides is 1. The number of aromatic nitrogens is 3. The molecule has 0 unspecified atom stereocenters. The van der Waals surface area contributed by atoms with E-state index in [1.165, 1.54) is 29.3 Å². The fourth-order valence-corrected chi connectivity index (χ4v) is 4.31. The SMILES string of the molecule is Cc1nnc(S[C@H](C)C(=O)Nc2ccc3c(c2)CCC3)n1-c1ccccc1. The van der Waals surface area contributed by atoms with E-state index in [1.807, 2.05) is 54.8 Å². The zero-order valence-electron chi connectivity index (χ0n) is 15.5. The topological polar surface area (TPSA) is 59.8 Å². The van der Waals surface area contributed by atoms with Crippen LogP contribution in [0.4, 0.5) is 5.69 Å². The van der Waals surface area contributed by atoms with Crippen LogP contribution in [-0.2, 0) is 17.6 Å². The van der Waals surface area contributed by atoms with Crippen molar-refractivity contribution in [3.05, 3.63) is 65.5 Å². The summed E-state index contributed by atoms with van der Waals surface area (Å²) in [4.78, 5) is 12.7. The van der Waals surface area contributed by atoms with Gasteiger partial charge in [0.1, 0.15) is 5.82 Å². The molecule has 0 fully saturated rings. The van der Waals surface area contributed by atoms with Crippen molar-refractivity contribution in [2.75, 3.05) is 5.32 Å². The maximum atomic E-state index is 12.7. The molecule has 0 aliphatic heterocycles. The van der Waals surface area contributed by atoms with E-state index >= 15 is 0 Å². The monoisotopic (exact) mass is 378 g/mol. The summed E-state index contributed by atoms with van der Waals surface area (Å²) in [7, 11) is 0. The number of rotatable bonds is 5. The molecule has 0 saturated carbocycles. The first-order valence-corrected chi connectivity index (χ1v) is 10.1. The molecule has 5 nitrogen and oxygen atoms in total. The second-order valence-corrected chi connectivity index (χ2v) is 8.10. The van der Waals surface area contributed by atoms with Crippen LogP contribution >= 0.6 is 11.8 Å². The van der Waals surface area contributed by atoms with Gasteiger partial charge in [0.05, 0.1) is 5.25 Å². The molecule has 1 amide bonds. The van der Waals surface area contributed by atoms with E-state index in [-0.39, 0.29) is 11.2 Å². The van der Waals surface area contributed by atoms with E-state index in [9.17, 15) is 4.79 Å². The van der Waals surface area contributed by atoms with Crippen LogP contribution in [0.1, 0.15) is 30.3 Å². The molecule has 6 heteroatoms. The molecule has 0 radical (unpaired) electrons. The normalized spacial score (nSPS) is 14.0. The van der Waals surface area contributed by atoms with Crippen LogP contribution in [-0.4, -0.2) is 25.9 Å². The van der Waals surface area contributed by atoms with Gasteiger partial charge >= 0.3 is 0 Å². The van der Waals surface area contributed by atoms with Gasteiger partial charge in [0, 0.05) is 11.4 Å². The first kappa shape index (κ1) is 17.8. The Hall–Kier alpha value is -2.60. The van der Waals surface area contributed by atoms with Gasteiger partial charge in [-0.25, -0.2) is 0 Å². The predicted molar refractivity (Wildman–Crippen MR) is 109 cm³/mol. The fourth-order valence-electron chi connectivity index (χ4n) is 3.40. The van der Waals surface area contributed by atoms with Crippen LogP contribution in [0.5, 0.6) is 0 Å². The summed E-state index contributed by atoms with van der Waals surface area (Å²) in [6, 6.07) is 16.2. The number of carbonyl (C=O) groups excluding carboxylic acids is 1. The molecule has 27 heavy (non-hydrogen) atoms. The highest BCUT2D eigenvalue weighted by atomic mass is 32.2. The Morgan fingerprint density at radius 1 is 1.11 bits per heavy atom. The number of hydrogen-bond acceptors (Lipinski definition) is 4. The van der Waals surface area contributed by atoms with E-state index in [2.05, 4.69) is 27.6 Å². The van der Waals surface area contributed by atoms with E-state index in [0.29, 0.717) is 0 Å². The summed E-state index contributed by atoms with van der Waals surface area (Å²) in [6.45, 7) is 3.81. The second-order valence-electron chi connectivity index (χ2n) is 6.79. The standard InChI is InChI=1S/C21H22N4OS/c1-14(20(26)22-18-12-11-16-7-6-8-17(16)13-18)27-21-24-23-15(2)25(21)19-9-4-3-5-10-19/h3-5,9-14H,6-8H2,1-2H3,(H,22,26)/t14-/m1/s1. The Bertz CT molecular complexity index is 968. The van der Waals surface area contributed by atoms with Gasteiger partial charge in [0.2, 0.25) is 5.91 Å². The Morgan fingerprint density at radius 2 is 1.89 bits per heavy atom. The minimum Gasteiger partial charge on any atom is -0.325 e. The maximum absolute atomic E-state index is 12.7. The van der Waals surface area contributed by atoms with Gasteiger partial charge in [0.15, 0.2) is 5.16 Å². The zero-order chi connectivity index (χ0) is 18.8. The minimum absolute atomic E-state index is 0.0294. The van der Waals surface area contributed by atoms with Crippen molar-refractivity contribution in [1.29, 1.82) is 0 Å². The van der Waals surface area contributed by atoms with E-state index in [1.54, 1.807) is 0 Å². The van der Waals surface area contributed by atoms with Crippen LogP contribution in [0.15, 0.2) is 53.7 Å². The third kappa shape index (κ3) is 3.76. The smallest absolute Gasteiger partial charge is 0.237 e. The van der Waals surface area contributed by atoms with Crippen molar-refractivity contribution in [2.24, 2.45) is 0 Å². The average molecular weight is 379 g/mol. The molecule has 138 valence electrons. The number of aryl methyl sites for hydroxylation is 3. The van der Waals surface area contributed by atoms with Crippen LogP contribution in [0.2, 0.25) is 0 Å². The summed E-state index contributed by atoms with van der Waals surface area (Å²) < 4.78 is 1.98. The number of fused-ring (bicyclic) bond motifs is 1. The molecule has 0 saturated heterocycles. The van der Waals surface area contributed by atoms with Crippen LogP contribution < -0.4 is 5.32 Å². The molecule has 1 aliphatic rings. The van der Waals surface area contributed by atoms with Crippen LogP contribution in [0.3, 0.4) is 0 Å². The maximum Gasteiger partial charge on any atom is 0.237 e. The Labute approximate surface area is 163 Å². The number of anilines is 1. The third-order valence-electron chi connectivity index (χ3n) is 4.83. The fraction of sp³-hybridized carbons (Fsp3) is 0.286. The summed E-state index contributed by atoms with van der Waals surface area (Å²) in [5.41, 5.74) is 4.62. The first-order valence-electron chi connectivity index (χ1n) is 9.18. The third-order valence-corrected chi connectivity index (χ3v) is 5.87. The van der Waals surface area contributed by atoms with Gasteiger partial charge in [-0.15, -0.1) is 10.2 Å². The molecule has 1 atom stereocenters. The number of thioether (sulfide) groups is 1. The number of para-hydroxylation sites is 1. The molecule has 2 aromatic carbocycles. The van der Waals surface area contributed by atoms with E-state index in [4.69, 9.17) is 0 Å². The highest BCUT2D eigenvalue weighted by Gasteiger charge is 2.20. The second kappa shape index (κ2) is 7.56. The Morgan fingerprint density at radius 3 is 2.70 bits per heavy atom. The van der Waals surface area contributed by atoms with Crippen molar-refractivity contribution in [1.82, 2.24) is 14.8 Å². The molecule has 0 spiro atoms. The van der Waals surface area contributed by atoms with Crippen molar-refractivity contribution in [2.45, 2.75) is 43.5 Å². The molecule has 1 aliphatic carbocycles. The number of hydrogen-bond donors (Lipinski definition) is 1. The quantitative estimate of drug-likeness (QED) is 0.677. The van der Waals surface area contributed by atoms with Gasteiger partial charge in [-0.05, 0) is 68.5 Å². The highest BCUT2D eigenvalue weighted by molar-refractivity contribution is 8.00. The molecular formula is C21H22N4OS. The highest BCUT2D eigenvalue weighted by Crippen LogP contribution is 2.28. The largest absolute Gasteiger partial charge is 0.325 e. The summed E-state index contributed by atoms with van der Waals surface area (Å²) >= 11 is 1.42. The average Bonchev–Trinajstić information content (AvgIpc) is 3.28. The van der Waals surface area contributed by atoms with Crippen molar-refractivity contribution in [3.8, 4) is 5.69 Å². The van der Waals surface area contributed by atoms with Crippen LogP contribution in [0, 0.1) is 6.92 Å². The number of benzene rings is 2.